The van der Waals surface area contributed by atoms with Gasteiger partial charge in [-0.3, -0.25) is 4.72 Å². The summed E-state index contributed by atoms with van der Waals surface area (Å²) in [4.78, 5) is 0. The molecule has 17 heavy (non-hydrogen) atoms. The van der Waals surface area contributed by atoms with E-state index in [9.17, 15) is 0 Å². The Morgan fingerprint density at radius 2 is 2.06 bits per heavy atom. The first-order valence-corrected chi connectivity index (χ1v) is 6.92. The van der Waals surface area contributed by atoms with E-state index in [0.29, 0.717) is 0 Å². The third kappa shape index (κ3) is 5.15. The van der Waals surface area contributed by atoms with E-state index in [4.69, 9.17) is 11.6 Å². The molecule has 1 unspecified atom stereocenters. The third-order valence-electron chi connectivity index (χ3n) is 2.19. The first-order valence-electron chi connectivity index (χ1n) is 5.73. The van der Waals surface area contributed by atoms with Gasteiger partial charge < -0.3 is 0 Å². The van der Waals surface area contributed by atoms with Crippen molar-refractivity contribution in [2.45, 2.75) is 38.0 Å². The van der Waals surface area contributed by atoms with Crippen LogP contribution in [0, 0.1) is 0 Å². The predicted molar refractivity (Wildman–Crippen MR) is 79.5 cm³/mol. The fourth-order valence-corrected chi connectivity index (χ4v) is 2.40. The van der Waals surface area contributed by atoms with Gasteiger partial charge in [-0.1, -0.05) is 47.8 Å². The van der Waals surface area contributed by atoms with E-state index in [1.807, 2.05) is 24.3 Å². The van der Waals surface area contributed by atoms with E-state index in [1.54, 1.807) is 11.9 Å². The van der Waals surface area contributed by atoms with Gasteiger partial charge in [0, 0.05) is 15.8 Å². The average molecular weight is 270 g/mol. The van der Waals surface area contributed by atoms with Gasteiger partial charge in [0.25, 0.3) is 0 Å². The van der Waals surface area contributed by atoms with Gasteiger partial charge in [0.15, 0.2) is 0 Å². The number of rotatable bonds is 5. The molecule has 0 bridgehead atoms. The summed E-state index contributed by atoms with van der Waals surface area (Å²) in [5.41, 5.74) is 1.13. The molecule has 1 atom stereocenters. The fourth-order valence-electron chi connectivity index (χ4n) is 1.41. The molecule has 0 aliphatic heterocycles. The van der Waals surface area contributed by atoms with Crippen LogP contribution in [0.1, 0.15) is 38.8 Å². The maximum absolute atomic E-state index is 6.22. The van der Waals surface area contributed by atoms with Crippen LogP contribution in [-0.4, -0.2) is 4.75 Å². The second-order valence-corrected chi connectivity index (χ2v) is 7.00. The Morgan fingerprint density at radius 1 is 1.41 bits per heavy atom. The molecule has 0 aromatic heterocycles. The average Bonchev–Trinajstić information content (AvgIpc) is 2.24. The van der Waals surface area contributed by atoms with Crippen LogP contribution < -0.4 is 4.72 Å². The first kappa shape index (κ1) is 14.6. The fraction of sp³-hybridized carbons (Fsp3) is 0.429. The number of halogens is 1. The summed E-state index contributed by atoms with van der Waals surface area (Å²) in [6.07, 6.45) is 2.79. The Hall–Kier alpha value is -0.440. The third-order valence-corrected chi connectivity index (χ3v) is 3.55. The topological polar surface area (TPSA) is 12.0 Å². The Kier molecular flexibility index (Phi) is 5.57. The lowest BCUT2D eigenvalue weighted by atomic mass is 10.1. The molecule has 1 aromatic carbocycles. The van der Waals surface area contributed by atoms with Crippen LogP contribution in [0.15, 0.2) is 36.9 Å². The van der Waals surface area contributed by atoms with Crippen molar-refractivity contribution in [2.75, 3.05) is 0 Å². The van der Waals surface area contributed by atoms with Gasteiger partial charge in [-0.2, -0.15) is 0 Å². The van der Waals surface area contributed by atoms with Crippen LogP contribution >= 0.6 is 23.5 Å². The van der Waals surface area contributed by atoms with Crippen molar-refractivity contribution in [3.63, 3.8) is 0 Å². The minimum atomic E-state index is 0.181. The Labute approximate surface area is 114 Å². The van der Waals surface area contributed by atoms with Crippen LogP contribution in [0.5, 0.6) is 0 Å². The lowest BCUT2D eigenvalue weighted by Gasteiger charge is -2.24. The Morgan fingerprint density at radius 3 is 2.59 bits per heavy atom. The SMILES string of the molecule is C=CCC(NSC(C)(C)C)c1ccccc1Cl. The largest absolute Gasteiger partial charge is 0.256 e. The van der Waals surface area contributed by atoms with E-state index >= 15 is 0 Å². The van der Waals surface area contributed by atoms with Crippen molar-refractivity contribution < 1.29 is 0 Å². The van der Waals surface area contributed by atoms with Crippen molar-refractivity contribution >= 4 is 23.5 Å². The van der Waals surface area contributed by atoms with Crippen molar-refractivity contribution in [2.24, 2.45) is 0 Å². The summed E-state index contributed by atoms with van der Waals surface area (Å²) in [7, 11) is 0. The highest BCUT2D eigenvalue weighted by Gasteiger charge is 2.17. The molecule has 0 aliphatic carbocycles. The molecule has 1 N–H and O–H groups in total. The minimum Gasteiger partial charge on any atom is -0.256 e. The first-order chi connectivity index (χ1) is 7.94. The van der Waals surface area contributed by atoms with E-state index in [0.717, 1.165) is 17.0 Å². The summed E-state index contributed by atoms with van der Waals surface area (Å²) in [6, 6.07) is 8.17. The standard InChI is InChI=1S/C14H20ClNS/c1-5-8-13(16-17-14(2,3)4)11-9-6-7-10-12(11)15/h5-7,9-10,13,16H,1,8H2,2-4H3. The summed E-state index contributed by atoms with van der Waals surface area (Å²) in [6.45, 7) is 10.4. The zero-order chi connectivity index (χ0) is 12.9. The lowest BCUT2D eigenvalue weighted by Crippen LogP contribution is -2.21. The highest BCUT2D eigenvalue weighted by atomic mass is 35.5. The van der Waals surface area contributed by atoms with E-state index in [2.05, 4.69) is 38.1 Å². The van der Waals surface area contributed by atoms with Crippen LogP contribution in [0.2, 0.25) is 5.02 Å². The van der Waals surface area contributed by atoms with Crippen LogP contribution in [-0.2, 0) is 0 Å². The molecule has 0 amide bonds. The summed E-state index contributed by atoms with van der Waals surface area (Å²) in [5, 5.41) is 0.807. The molecular weight excluding hydrogens is 250 g/mol. The van der Waals surface area contributed by atoms with Gasteiger partial charge in [-0.15, -0.1) is 6.58 Å². The van der Waals surface area contributed by atoms with Crippen molar-refractivity contribution in [1.82, 2.24) is 4.72 Å². The molecule has 0 saturated heterocycles. The van der Waals surface area contributed by atoms with Crippen LogP contribution in [0.25, 0.3) is 0 Å². The zero-order valence-corrected chi connectivity index (χ0v) is 12.2. The number of benzene rings is 1. The van der Waals surface area contributed by atoms with Gasteiger partial charge >= 0.3 is 0 Å². The molecule has 94 valence electrons. The highest BCUT2D eigenvalue weighted by molar-refractivity contribution is 7.98. The minimum absolute atomic E-state index is 0.181. The van der Waals surface area contributed by atoms with Crippen molar-refractivity contribution in [3.8, 4) is 0 Å². The molecule has 1 nitrogen and oxygen atoms in total. The molecule has 1 rings (SSSR count). The summed E-state index contributed by atoms with van der Waals surface area (Å²) >= 11 is 7.95. The number of hydrogen-bond acceptors (Lipinski definition) is 2. The summed E-state index contributed by atoms with van der Waals surface area (Å²) < 4.78 is 3.66. The predicted octanol–water partition coefficient (Wildman–Crippen LogP) is 4.99. The van der Waals surface area contributed by atoms with Gasteiger partial charge in [0.05, 0.1) is 0 Å². The number of hydrogen-bond donors (Lipinski definition) is 1. The maximum Gasteiger partial charge on any atom is 0.0470 e. The second-order valence-electron chi connectivity index (χ2n) is 4.93. The van der Waals surface area contributed by atoms with E-state index < -0.39 is 0 Å². The highest BCUT2D eigenvalue weighted by Crippen LogP contribution is 2.30. The second kappa shape index (κ2) is 6.48. The smallest absolute Gasteiger partial charge is 0.0470 e. The molecule has 0 saturated carbocycles. The van der Waals surface area contributed by atoms with E-state index in [-0.39, 0.29) is 10.8 Å². The molecular formula is C14H20ClNS. The molecule has 1 aromatic rings. The zero-order valence-electron chi connectivity index (χ0n) is 10.7. The van der Waals surface area contributed by atoms with Gasteiger partial charge in [-0.25, -0.2) is 0 Å². The molecule has 3 heteroatoms. The van der Waals surface area contributed by atoms with Gasteiger partial charge in [0.2, 0.25) is 0 Å². The maximum atomic E-state index is 6.22. The Balaban J connectivity index is 2.79. The Bertz CT molecular complexity index is 371. The molecule has 0 spiro atoms. The van der Waals surface area contributed by atoms with Crippen LogP contribution in [0.3, 0.4) is 0 Å². The normalized spacial score (nSPS) is 13.4. The van der Waals surface area contributed by atoms with Crippen LogP contribution in [0.4, 0.5) is 0 Å². The lowest BCUT2D eigenvalue weighted by molar-refractivity contribution is 0.674. The quantitative estimate of drug-likeness (QED) is 0.597. The molecule has 0 fully saturated rings. The van der Waals surface area contributed by atoms with Crippen molar-refractivity contribution in [1.29, 1.82) is 0 Å². The van der Waals surface area contributed by atoms with E-state index in [1.165, 1.54) is 0 Å². The van der Waals surface area contributed by atoms with Gasteiger partial charge in [-0.05, 0) is 38.8 Å². The van der Waals surface area contributed by atoms with Crippen molar-refractivity contribution in [3.05, 3.63) is 47.5 Å². The van der Waals surface area contributed by atoms with Gasteiger partial charge in [0.1, 0.15) is 0 Å². The number of nitrogens with one attached hydrogen (secondary N) is 1. The molecule has 0 radical (unpaired) electrons. The summed E-state index contributed by atoms with van der Waals surface area (Å²) in [5.74, 6) is 0. The monoisotopic (exact) mass is 269 g/mol. The molecule has 0 heterocycles. The molecule has 0 aliphatic rings.